The third-order valence-electron chi connectivity index (χ3n) is 4.23. The van der Waals surface area contributed by atoms with Crippen LogP contribution in [0, 0.1) is 0 Å². The maximum atomic E-state index is 12.8. The zero-order valence-electron chi connectivity index (χ0n) is 16.3. The first-order valence-electron chi connectivity index (χ1n) is 8.75. The number of amidine groups is 1. The zero-order chi connectivity index (χ0) is 20.1. The van der Waals surface area contributed by atoms with E-state index in [9.17, 15) is 4.79 Å². The van der Waals surface area contributed by atoms with Gasteiger partial charge in [-0.25, -0.2) is 4.99 Å². The molecule has 0 spiro atoms. The van der Waals surface area contributed by atoms with Gasteiger partial charge in [0.2, 0.25) is 0 Å². The number of amides is 1. The molecule has 7 heteroatoms. The van der Waals surface area contributed by atoms with Gasteiger partial charge in [-0.3, -0.25) is 9.69 Å². The van der Waals surface area contributed by atoms with E-state index >= 15 is 0 Å². The quantitative estimate of drug-likeness (QED) is 0.678. The number of hydrogen-bond donors (Lipinski definition) is 0. The number of rotatable bonds is 6. The third kappa shape index (κ3) is 4.14. The molecule has 0 saturated carbocycles. The summed E-state index contributed by atoms with van der Waals surface area (Å²) in [5.74, 6) is 2.03. The average Bonchev–Trinajstić information content (AvgIpc) is 3.02. The minimum atomic E-state index is -0.0716. The van der Waals surface area contributed by atoms with Crippen molar-refractivity contribution in [1.29, 1.82) is 0 Å². The van der Waals surface area contributed by atoms with Gasteiger partial charge >= 0.3 is 0 Å². The van der Waals surface area contributed by atoms with Crippen molar-refractivity contribution in [2.24, 2.45) is 4.99 Å². The molecule has 1 amide bonds. The minimum absolute atomic E-state index is 0.0716. The lowest BCUT2D eigenvalue weighted by molar-refractivity contribution is -0.122. The fourth-order valence-electron chi connectivity index (χ4n) is 2.72. The Morgan fingerprint density at radius 2 is 1.68 bits per heavy atom. The summed E-state index contributed by atoms with van der Waals surface area (Å²) < 4.78 is 15.8. The largest absolute Gasteiger partial charge is 0.497 e. The lowest BCUT2D eigenvalue weighted by atomic mass is 10.1. The maximum absolute atomic E-state index is 12.8. The Morgan fingerprint density at radius 3 is 2.29 bits per heavy atom. The van der Waals surface area contributed by atoms with E-state index in [0.29, 0.717) is 28.1 Å². The summed E-state index contributed by atoms with van der Waals surface area (Å²) >= 11 is 1.35. The summed E-state index contributed by atoms with van der Waals surface area (Å²) in [5.41, 5.74) is 1.57. The van der Waals surface area contributed by atoms with Gasteiger partial charge in [-0.2, -0.15) is 0 Å². The van der Waals surface area contributed by atoms with Gasteiger partial charge < -0.3 is 14.2 Å². The predicted molar refractivity (Wildman–Crippen MR) is 113 cm³/mol. The molecule has 146 valence electrons. The molecule has 2 aromatic rings. The Morgan fingerprint density at radius 1 is 1.00 bits per heavy atom. The molecular weight excluding hydrogens is 376 g/mol. The van der Waals surface area contributed by atoms with Crippen LogP contribution in [0.5, 0.6) is 17.2 Å². The molecule has 6 nitrogen and oxygen atoms in total. The monoisotopic (exact) mass is 398 g/mol. The van der Waals surface area contributed by atoms with Crippen molar-refractivity contribution in [2.75, 3.05) is 27.9 Å². The number of thioether (sulfide) groups is 1. The van der Waals surface area contributed by atoms with Crippen LogP contribution >= 0.6 is 11.8 Å². The lowest BCUT2D eigenvalue weighted by Gasteiger charge is -2.12. The van der Waals surface area contributed by atoms with Crippen molar-refractivity contribution in [2.45, 2.75) is 6.92 Å². The summed E-state index contributed by atoms with van der Waals surface area (Å²) in [6.45, 7) is 2.47. The van der Waals surface area contributed by atoms with E-state index in [-0.39, 0.29) is 5.91 Å². The number of nitrogens with zero attached hydrogens (tertiary/aromatic N) is 2. The van der Waals surface area contributed by atoms with E-state index in [0.717, 1.165) is 17.0 Å². The second-order valence-electron chi connectivity index (χ2n) is 5.86. The number of benzene rings is 2. The van der Waals surface area contributed by atoms with Crippen LogP contribution in [-0.4, -0.2) is 43.8 Å². The van der Waals surface area contributed by atoms with Crippen LogP contribution in [0.4, 0.5) is 5.69 Å². The Labute approximate surface area is 168 Å². The van der Waals surface area contributed by atoms with Crippen LogP contribution < -0.4 is 14.2 Å². The Balaban J connectivity index is 1.92. The minimum Gasteiger partial charge on any atom is -0.497 e. The van der Waals surface area contributed by atoms with Crippen LogP contribution in [0.1, 0.15) is 12.5 Å². The number of hydrogen-bond acceptors (Lipinski definition) is 6. The second kappa shape index (κ2) is 8.84. The van der Waals surface area contributed by atoms with Gasteiger partial charge in [-0.1, -0.05) is 0 Å². The molecule has 1 aliphatic rings. The van der Waals surface area contributed by atoms with Crippen molar-refractivity contribution in [1.82, 2.24) is 4.90 Å². The normalized spacial score (nSPS) is 16.7. The van der Waals surface area contributed by atoms with E-state index in [1.165, 1.54) is 11.8 Å². The van der Waals surface area contributed by atoms with E-state index in [1.54, 1.807) is 32.3 Å². The first-order chi connectivity index (χ1) is 13.6. The number of carbonyl (C=O) groups excluding carboxylic acids is 1. The van der Waals surface area contributed by atoms with Crippen molar-refractivity contribution in [3.05, 3.63) is 52.9 Å². The molecule has 2 aromatic carbocycles. The van der Waals surface area contributed by atoms with E-state index < -0.39 is 0 Å². The third-order valence-corrected chi connectivity index (χ3v) is 5.24. The van der Waals surface area contributed by atoms with Crippen LogP contribution in [0.2, 0.25) is 0 Å². The summed E-state index contributed by atoms with van der Waals surface area (Å²) in [6.07, 6.45) is 1.82. The fourth-order valence-corrected chi connectivity index (χ4v) is 3.77. The molecule has 28 heavy (non-hydrogen) atoms. The van der Waals surface area contributed by atoms with Gasteiger partial charge in [0.1, 0.15) is 17.2 Å². The van der Waals surface area contributed by atoms with E-state index in [1.807, 2.05) is 49.4 Å². The molecule has 1 heterocycles. The Hall–Kier alpha value is -2.93. The molecular formula is C21H22N2O4S. The van der Waals surface area contributed by atoms with Gasteiger partial charge in [0.15, 0.2) is 5.17 Å². The highest BCUT2D eigenvalue weighted by atomic mass is 32.2. The van der Waals surface area contributed by atoms with Crippen molar-refractivity contribution < 1.29 is 19.0 Å². The van der Waals surface area contributed by atoms with Gasteiger partial charge in [0, 0.05) is 18.2 Å². The number of aliphatic imine (C=N–C) groups is 1. The van der Waals surface area contributed by atoms with Crippen LogP contribution in [-0.2, 0) is 4.79 Å². The van der Waals surface area contributed by atoms with Gasteiger partial charge in [0.05, 0.1) is 31.9 Å². The van der Waals surface area contributed by atoms with Crippen molar-refractivity contribution >= 4 is 34.6 Å². The summed E-state index contributed by atoms with van der Waals surface area (Å²) in [7, 11) is 4.81. The van der Waals surface area contributed by atoms with Gasteiger partial charge in [0.25, 0.3) is 5.91 Å². The number of methoxy groups -OCH3 is 3. The topological polar surface area (TPSA) is 60.4 Å². The maximum Gasteiger partial charge on any atom is 0.266 e. The van der Waals surface area contributed by atoms with E-state index in [4.69, 9.17) is 14.2 Å². The number of carbonyl (C=O) groups is 1. The Kier molecular flexibility index (Phi) is 6.26. The smallest absolute Gasteiger partial charge is 0.266 e. The van der Waals surface area contributed by atoms with E-state index in [2.05, 4.69) is 4.99 Å². The van der Waals surface area contributed by atoms with Gasteiger partial charge in [-0.15, -0.1) is 0 Å². The lowest BCUT2D eigenvalue weighted by Crippen LogP contribution is -2.28. The molecule has 3 rings (SSSR count). The Bertz CT molecular complexity index is 923. The molecule has 0 radical (unpaired) electrons. The fraction of sp³-hybridized carbons (Fsp3) is 0.238. The number of likely N-dealkylation sites (N-methyl/N-ethyl adjacent to an activating group) is 1. The highest BCUT2D eigenvalue weighted by Crippen LogP contribution is 2.36. The summed E-state index contributed by atoms with van der Waals surface area (Å²) in [6, 6.07) is 12.9. The molecule has 1 fully saturated rings. The SMILES string of the molecule is CCN1C(=O)/C(=C/c2ccc(OC)cc2OC)SC1=Nc1ccc(OC)cc1. The first kappa shape index (κ1) is 19.8. The molecule has 0 unspecified atom stereocenters. The molecule has 0 aliphatic carbocycles. The standard InChI is InChI=1S/C21H22N2O4S/c1-5-23-20(24)19(12-14-6-9-17(26-3)13-18(14)27-4)28-21(23)22-15-7-10-16(25-2)11-8-15/h6-13H,5H2,1-4H3/b19-12-,22-21?. The highest BCUT2D eigenvalue weighted by molar-refractivity contribution is 8.18. The van der Waals surface area contributed by atoms with Crippen molar-refractivity contribution in [3.8, 4) is 17.2 Å². The van der Waals surface area contributed by atoms with Crippen molar-refractivity contribution in [3.63, 3.8) is 0 Å². The molecule has 1 saturated heterocycles. The second-order valence-corrected chi connectivity index (χ2v) is 6.87. The first-order valence-corrected chi connectivity index (χ1v) is 9.57. The molecule has 0 N–H and O–H groups in total. The van der Waals surface area contributed by atoms with Crippen LogP contribution in [0.25, 0.3) is 6.08 Å². The highest BCUT2D eigenvalue weighted by Gasteiger charge is 2.32. The summed E-state index contributed by atoms with van der Waals surface area (Å²) in [4.78, 5) is 19.7. The molecule has 0 aromatic heterocycles. The van der Waals surface area contributed by atoms with Crippen LogP contribution in [0.15, 0.2) is 52.4 Å². The predicted octanol–water partition coefficient (Wildman–Crippen LogP) is 4.34. The zero-order valence-corrected chi connectivity index (χ0v) is 17.1. The molecule has 1 aliphatic heterocycles. The van der Waals surface area contributed by atoms with Gasteiger partial charge in [-0.05, 0) is 61.2 Å². The summed E-state index contributed by atoms with van der Waals surface area (Å²) in [5, 5.41) is 0.649. The molecule has 0 bridgehead atoms. The average molecular weight is 398 g/mol. The number of ether oxygens (including phenoxy) is 3. The molecule has 0 atom stereocenters. The van der Waals surface area contributed by atoms with Crippen LogP contribution in [0.3, 0.4) is 0 Å².